The van der Waals surface area contributed by atoms with E-state index in [0.717, 1.165) is 5.56 Å². The molecule has 7 nitrogen and oxygen atoms in total. The average molecular weight is 410 g/mol. The summed E-state index contributed by atoms with van der Waals surface area (Å²) in [7, 11) is 0. The number of aliphatic carboxylic acids is 1. The van der Waals surface area contributed by atoms with Crippen LogP contribution < -0.4 is 10.2 Å². The molecule has 0 saturated heterocycles. The second kappa shape index (κ2) is 8.57. The van der Waals surface area contributed by atoms with Gasteiger partial charge in [0.05, 0.1) is 11.7 Å². The molecule has 0 aliphatic carbocycles. The minimum Gasteiger partial charge on any atom is -0.479 e. The molecule has 7 heteroatoms. The molecule has 30 heavy (non-hydrogen) atoms. The topological polar surface area (TPSA) is 95.9 Å². The Morgan fingerprint density at radius 2 is 1.73 bits per heavy atom. The van der Waals surface area contributed by atoms with Gasteiger partial charge in [0.25, 0.3) is 0 Å². The van der Waals surface area contributed by atoms with Gasteiger partial charge in [0, 0.05) is 12.8 Å². The van der Waals surface area contributed by atoms with Gasteiger partial charge in [-0.3, -0.25) is 9.69 Å². The SMILES string of the molecule is CC[C@@]1(C(=O)O)[C@H](C)[C@@H](NC(=O)OCc2ccccc2)c2ccccc2N1C(C)=O. The summed E-state index contributed by atoms with van der Waals surface area (Å²) in [6.45, 7) is 4.94. The lowest BCUT2D eigenvalue weighted by molar-refractivity contribution is -0.148. The number of anilines is 1. The van der Waals surface area contributed by atoms with Crippen LogP contribution in [0.3, 0.4) is 0 Å². The van der Waals surface area contributed by atoms with Crippen molar-refractivity contribution < 1.29 is 24.2 Å². The van der Waals surface area contributed by atoms with Gasteiger partial charge < -0.3 is 15.2 Å². The van der Waals surface area contributed by atoms with Gasteiger partial charge in [-0.05, 0) is 23.6 Å². The molecule has 2 amide bonds. The van der Waals surface area contributed by atoms with Crippen molar-refractivity contribution in [2.75, 3.05) is 4.90 Å². The van der Waals surface area contributed by atoms with Gasteiger partial charge in [-0.25, -0.2) is 9.59 Å². The number of benzene rings is 2. The van der Waals surface area contributed by atoms with E-state index >= 15 is 0 Å². The van der Waals surface area contributed by atoms with Crippen LogP contribution in [0, 0.1) is 5.92 Å². The van der Waals surface area contributed by atoms with Gasteiger partial charge in [-0.1, -0.05) is 62.4 Å². The molecule has 1 heterocycles. The fourth-order valence-corrected chi connectivity index (χ4v) is 4.38. The fraction of sp³-hybridized carbons (Fsp3) is 0.348. The van der Waals surface area contributed by atoms with E-state index < -0.39 is 29.6 Å². The van der Waals surface area contributed by atoms with Crippen LogP contribution in [0.15, 0.2) is 54.6 Å². The van der Waals surface area contributed by atoms with Gasteiger partial charge >= 0.3 is 12.1 Å². The summed E-state index contributed by atoms with van der Waals surface area (Å²) in [5.41, 5.74) is 0.529. The predicted molar refractivity (Wildman–Crippen MR) is 112 cm³/mol. The molecule has 1 aliphatic rings. The lowest BCUT2D eigenvalue weighted by atomic mass is 9.70. The maximum Gasteiger partial charge on any atom is 0.407 e. The third-order valence-corrected chi connectivity index (χ3v) is 5.88. The number of carbonyl (C=O) groups is 3. The smallest absolute Gasteiger partial charge is 0.407 e. The Bertz CT molecular complexity index is 946. The second-order valence-electron chi connectivity index (χ2n) is 7.47. The molecule has 0 saturated carbocycles. The van der Waals surface area contributed by atoms with Gasteiger partial charge in [-0.2, -0.15) is 0 Å². The number of carboxylic acid groups (broad SMARTS) is 1. The van der Waals surface area contributed by atoms with E-state index in [4.69, 9.17) is 4.74 Å². The number of carboxylic acids is 1. The molecule has 2 aromatic carbocycles. The third-order valence-electron chi connectivity index (χ3n) is 5.88. The Balaban J connectivity index is 1.95. The van der Waals surface area contributed by atoms with Gasteiger partial charge in [-0.15, -0.1) is 0 Å². The Morgan fingerprint density at radius 3 is 2.33 bits per heavy atom. The Morgan fingerprint density at radius 1 is 1.10 bits per heavy atom. The molecular weight excluding hydrogens is 384 g/mol. The summed E-state index contributed by atoms with van der Waals surface area (Å²) in [6, 6.07) is 15.7. The Hall–Kier alpha value is -3.35. The summed E-state index contributed by atoms with van der Waals surface area (Å²) >= 11 is 0. The first-order valence-corrected chi connectivity index (χ1v) is 9.93. The van der Waals surface area contributed by atoms with E-state index in [9.17, 15) is 19.5 Å². The molecule has 2 aromatic rings. The summed E-state index contributed by atoms with van der Waals surface area (Å²) in [4.78, 5) is 38.9. The van der Waals surface area contributed by atoms with Crippen LogP contribution >= 0.6 is 0 Å². The highest BCUT2D eigenvalue weighted by Crippen LogP contribution is 2.48. The van der Waals surface area contributed by atoms with Gasteiger partial charge in [0.2, 0.25) is 5.91 Å². The number of fused-ring (bicyclic) bond motifs is 1. The van der Waals surface area contributed by atoms with Crippen LogP contribution in [0.25, 0.3) is 0 Å². The highest BCUT2D eigenvalue weighted by atomic mass is 16.5. The second-order valence-corrected chi connectivity index (χ2v) is 7.47. The molecule has 0 fully saturated rings. The normalized spacial score (nSPS) is 22.7. The molecule has 0 spiro atoms. The van der Waals surface area contributed by atoms with Crippen molar-refractivity contribution in [2.45, 2.75) is 45.4 Å². The highest BCUT2D eigenvalue weighted by Gasteiger charge is 2.56. The average Bonchev–Trinajstić information content (AvgIpc) is 2.74. The summed E-state index contributed by atoms with van der Waals surface area (Å²) in [5, 5.41) is 13.0. The first kappa shape index (κ1) is 21.4. The predicted octanol–water partition coefficient (Wildman–Crippen LogP) is 3.89. The van der Waals surface area contributed by atoms with Crippen LogP contribution in [0.2, 0.25) is 0 Å². The van der Waals surface area contributed by atoms with Crippen molar-refractivity contribution in [1.29, 1.82) is 0 Å². The molecular formula is C23H26N2O5. The number of carbonyl (C=O) groups excluding carboxylic acids is 2. The zero-order chi connectivity index (χ0) is 21.9. The number of hydrogen-bond acceptors (Lipinski definition) is 4. The number of nitrogens with zero attached hydrogens (tertiary/aromatic N) is 1. The number of ether oxygens (including phenoxy) is 1. The van der Waals surface area contributed by atoms with Crippen molar-refractivity contribution in [3.8, 4) is 0 Å². The van der Waals surface area contributed by atoms with Crippen LogP contribution in [-0.4, -0.2) is 28.6 Å². The number of amides is 2. The van der Waals surface area contributed by atoms with Gasteiger partial charge in [0.15, 0.2) is 0 Å². The van der Waals surface area contributed by atoms with Crippen LogP contribution in [0.5, 0.6) is 0 Å². The van der Waals surface area contributed by atoms with Crippen LogP contribution in [0.4, 0.5) is 10.5 Å². The Kier molecular flexibility index (Phi) is 6.10. The minimum atomic E-state index is -1.49. The van der Waals surface area contributed by atoms with Crippen molar-refractivity contribution in [2.24, 2.45) is 5.92 Å². The molecule has 158 valence electrons. The van der Waals surface area contributed by atoms with Crippen molar-refractivity contribution in [1.82, 2.24) is 5.32 Å². The van der Waals surface area contributed by atoms with Crippen molar-refractivity contribution >= 4 is 23.7 Å². The number of para-hydroxylation sites is 1. The third kappa shape index (κ3) is 3.63. The molecule has 1 aliphatic heterocycles. The molecule has 2 N–H and O–H groups in total. The van der Waals surface area contributed by atoms with Crippen LogP contribution in [-0.2, 0) is 20.9 Å². The van der Waals surface area contributed by atoms with E-state index in [-0.39, 0.29) is 18.9 Å². The lowest BCUT2D eigenvalue weighted by Gasteiger charge is -2.51. The number of nitrogens with one attached hydrogen (secondary N) is 1. The zero-order valence-electron chi connectivity index (χ0n) is 17.3. The van der Waals surface area contributed by atoms with Crippen LogP contribution in [0.1, 0.15) is 44.4 Å². The lowest BCUT2D eigenvalue weighted by Crippen LogP contribution is -2.65. The minimum absolute atomic E-state index is 0.104. The molecule has 0 aromatic heterocycles. The standard InChI is InChI=1S/C23H26N2O5/c1-4-23(21(27)28)15(2)20(18-12-8-9-13-19(18)25(23)16(3)26)24-22(29)30-14-17-10-6-5-7-11-17/h5-13,15,20H,4,14H2,1-3H3,(H,24,29)(H,27,28)/t15-,20-,23+/m1/s1. The van der Waals surface area contributed by atoms with E-state index in [2.05, 4.69) is 5.32 Å². The van der Waals surface area contributed by atoms with E-state index in [1.807, 2.05) is 30.3 Å². The summed E-state index contributed by atoms with van der Waals surface area (Å²) in [6.07, 6.45) is -0.452. The maximum atomic E-state index is 12.6. The van der Waals surface area contributed by atoms with E-state index in [1.165, 1.54) is 11.8 Å². The maximum absolute atomic E-state index is 12.6. The first-order valence-electron chi connectivity index (χ1n) is 9.93. The zero-order valence-corrected chi connectivity index (χ0v) is 17.3. The quantitative estimate of drug-likeness (QED) is 0.780. The van der Waals surface area contributed by atoms with Crippen molar-refractivity contribution in [3.05, 3.63) is 65.7 Å². The molecule has 0 unspecified atom stereocenters. The fourth-order valence-electron chi connectivity index (χ4n) is 4.38. The molecule has 3 rings (SSSR count). The highest BCUT2D eigenvalue weighted by molar-refractivity contribution is 6.02. The van der Waals surface area contributed by atoms with Crippen molar-refractivity contribution in [3.63, 3.8) is 0 Å². The summed E-state index contributed by atoms with van der Waals surface area (Å²) in [5.74, 6) is -2.06. The Labute approximate surface area is 175 Å². The van der Waals surface area contributed by atoms with E-state index in [1.54, 1.807) is 38.1 Å². The largest absolute Gasteiger partial charge is 0.479 e. The van der Waals surface area contributed by atoms with Gasteiger partial charge in [0.1, 0.15) is 12.1 Å². The molecule has 3 atom stereocenters. The number of hydrogen-bond donors (Lipinski definition) is 2. The molecule has 0 radical (unpaired) electrons. The summed E-state index contributed by atoms with van der Waals surface area (Å²) < 4.78 is 5.35. The number of alkyl carbamates (subject to hydrolysis) is 1. The molecule has 0 bridgehead atoms. The first-order chi connectivity index (χ1) is 14.3. The monoisotopic (exact) mass is 410 g/mol. The number of rotatable bonds is 5. The van der Waals surface area contributed by atoms with E-state index in [0.29, 0.717) is 11.3 Å².